The van der Waals surface area contributed by atoms with E-state index in [9.17, 15) is 25.0 Å². The summed E-state index contributed by atoms with van der Waals surface area (Å²) in [7, 11) is 1.76. The molecule has 0 unspecified atom stereocenters. The molecule has 0 radical (unpaired) electrons. The van der Waals surface area contributed by atoms with E-state index < -0.39 is 27.1 Å². The number of aryl methyl sites for hydroxylation is 2. The van der Waals surface area contributed by atoms with Crippen molar-refractivity contribution in [3.63, 3.8) is 0 Å². The third kappa shape index (κ3) is 3.60. The topological polar surface area (TPSA) is 121 Å². The van der Waals surface area contributed by atoms with Gasteiger partial charge in [-0.3, -0.25) is 25.0 Å². The normalized spacial score (nSPS) is 11.7. The molecular weight excluding hydrogens is 372 g/mol. The first-order chi connectivity index (χ1) is 12.8. The van der Waals surface area contributed by atoms with Crippen molar-refractivity contribution in [1.29, 1.82) is 0 Å². The molecular formula is C17H14N4O5S. The Kier molecular flexibility index (Phi) is 4.82. The predicted molar refractivity (Wildman–Crippen MR) is 99.8 cm³/mol. The van der Waals surface area contributed by atoms with Gasteiger partial charge in [0.2, 0.25) is 0 Å². The zero-order valence-electron chi connectivity index (χ0n) is 14.4. The molecule has 0 bridgehead atoms. The van der Waals surface area contributed by atoms with Crippen LogP contribution in [0.25, 0.3) is 10.2 Å². The van der Waals surface area contributed by atoms with Gasteiger partial charge in [-0.25, -0.2) is 0 Å². The average molecular weight is 386 g/mol. The van der Waals surface area contributed by atoms with Crippen molar-refractivity contribution in [2.45, 2.75) is 13.3 Å². The van der Waals surface area contributed by atoms with Gasteiger partial charge in [-0.2, -0.15) is 4.99 Å². The minimum Gasteiger partial charge on any atom is -0.319 e. The fraction of sp³-hybridized carbons (Fsp3) is 0.176. The molecule has 0 saturated carbocycles. The smallest absolute Gasteiger partial charge is 0.280 e. The quantitative estimate of drug-likeness (QED) is 0.503. The lowest BCUT2D eigenvalue weighted by Gasteiger charge is -1.99. The number of benzene rings is 2. The number of nitro benzene ring substituents is 2. The standard InChI is InChI=1S/C17H14N4O5S/c1-3-10-4-5-14-15(6-10)27-17(19(14)2)18-16(22)11-7-12(20(23)24)9-13(8-11)21(25)26/h4-9H,3H2,1-2H3. The summed E-state index contributed by atoms with van der Waals surface area (Å²) >= 11 is 1.31. The molecule has 1 amide bonds. The van der Waals surface area contributed by atoms with E-state index >= 15 is 0 Å². The van der Waals surface area contributed by atoms with Gasteiger partial charge in [0.1, 0.15) is 0 Å². The number of fused-ring (bicyclic) bond motifs is 1. The van der Waals surface area contributed by atoms with Gasteiger partial charge in [-0.1, -0.05) is 24.3 Å². The molecule has 1 aromatic heterocycles. The van der Waals surface area contributed by atoms with E-state index in [1.165, 1.54) is 11.3 Å². The highest BCUT2D eigenvalue weighted by atomic mass is 32.1. The molecule has 10 heteroatoms. The van der Waals surface area contributed by atoms with Crippen molar-refractivity contribution >= 4 is 38.8 Å². The number of thiazole rings is 1. The molecule has 0 fully saturated rings. The van der Waals surface area contributed by atoms with E-state index in [0.29, 0.717) is 4.80 Å². The molecule has 3 aromatic rings. The van der Waals surface area contributed by atoms with Gasteiger partial charge in [0.25, 0.3) is 17.3 Å². The van der Waals surface area contributed by atoms with E-state index in [1.54, 1.807) is 11.6 Å². The Morgan fingerprint density at radius 2 is 1.74 bits per heavy atom. The van der Waals surface area contributed by atoms with Crippen LogP contribution in [0.15, 0.2) is 41.4 Å². The van der Waals surface area contributed by atoms with Crippen LogP contribution in [0.1, 0.15) is 22.8 Å². The second-order valence-corrected chi connectivity index (χ2v) is 6.78. The maximum atomic E-state index is 12.5. The Morgan fingerprint density at radius 3 is 2.30 bits per heavy atom. The molecule has 27 heavy (non-hydrogen) atoms. The summed E-state index contributed by atoms with van der Waals surface area (Å²) < 4.78 is 2.69. The van der Waals surface area contributed by atoms with Crippen LogP contribution in [-0.2, 0) is 13.5 Å². The number of nitrogens with zero attached hydrogens (tertiary/aromatic N) is 4. The number of non-ortho nitro benzene ring substituents is 2. The Balaban J connectivity index is 2.11. The number of nitro groups is 2. The summed E-state index contributed by atoms with van der Waals surface area (Å²) in [6, 6.07) is 8.73. The van der Waals surface area contributed by atoms with Gasteiger partial charge < -0.3 is 4.57 Å². The average Bonchev–Trinajstić information content (AvgIpc) is 2.96. The number of carbonyl (C=O) groups is 1. The minimum atomic E-state index is -0.782. The van der Waals surface area contributed by atoms with E-state index in [0.717, 1.165) is 40.4 Å². The molecule has 0 aliphatic heterocycles. The lowest BCUT2D eigenvalue weighted by molar-refractivity contribution is -0.394. The molecule has 0 aliphatic rings. The number of carbonyl (C=O) groups excluding carboxylic acids is 1. The maximum Gasteiger partial charge on any atom is 0.280 e. The van der Waals surface area contributed by atoms with Crippen molar-refractivity contribution < 1.29 is 14.6 Å². The highest BCUT2D eigenvalue weighted by molar-refractivity contribution is 7.16. The first-order valence-electron chi connectivity index (χ1n) is 7.91. The summed E-state index contributed by atoms with van der Waals surface area (Å²) in [5, 5.41) is 22.0. The van der Waals surface area contributed by atoms with Crippen LogP contribution in [-0.4, -0.2) is 20.3 Å². The molecule has 0 spiro atoms. The first-order valence-corrected chi connectivity index (χ1v) is 8.73. The molecule has 0 saturated heterocycles. The van der Waals surface area contributed by atoms with Crippen LogP contribution >= 0.6 is 11.3 Å². The van der Waals surface area contributed by atoms with E-state index in [2.05, 4.69) is 4.99 Å². The van der Waals surface area contributed by atoms with E-state index in [-0.39, 0.29) is 5.56 Å². The minimum absolute atomic E-state index is 0.206. The zero-order chi connectivity index (χ0) is 19.7. The summed E-state index contributed by atoms with van der Waals surface area (Å²) in [6.45, 7) is 2.04. The monoisotopic (exact) mass is 386 g/mol. The molecule has 0 aliphatic carbocycles. The van der Waals surface area contributed by atoms with Crippen LogP contribution < -0.4 is 4.80 Å². The van der Waals surface area contributed by atoms with Gasteiger partial charge in [-0.05, 0) is 24.1 Å². The number of amides is 1. The molecule has 0 N–H and O–H groups in total. The van der Waals surface area contributed by atoms with Crippen LogP contribution in [0.5, 0.6) is 0 Å². The molecule has 3 rings (SSSR count). The molecule has 0 atom stereocenters. The van der Waals surface area contributed by atoms with Crippen molar-refractivity contribution in [1.82, 2.24) is 4.57 Å². The largest absolute Gasteiger partial charge is 0.319 e. The van der Waals surface area contributed by atoms with Crippen LogP contribution in [0.2, 0.25) is 0 Å². The Bertz CT molecular complexity index is 1130. The fourth-order valence-electron chi connectivity index (χ4n) is 2.59. The Morgan fingerprint density at radius 1 is 1.11 bits per heavy atom. The SMILES string of the molecule is CCc1ccc2c(c1)sc(=NC(=O)c1cc([N+](=O)[O-])cc([N+](=O)[O-])c1)n2C. The van der Waals surface area contributed by atoms with Crippen LogP contribution in [0.3, 0.4) is 0 Å². The predicted octanol–water partition coefficient (Wildman–Crippen LogP) is 3.36. The van der Waals surface area contributed by atoms with Gasteiger partial charge in [0.05, 0.1) is 31.7 Å². The summed E-state index contributed by atoms with van der Waals surface area (Å²) in [6.07, 6.45) is 0.875. The van der Waals surface area contributed by atoms with E-state index in [4.69, 9.17) is 0 Å². The second-order valence-electron chi connectivity index (χ2n) is 5.77. The van der Waals surface area contributed by atoms with Crippen molar-refractivity contribution in [3.8, 4) is 0 Å². The van der Waals surface area contributed by atoms with Crippen LogP contribution in [0.4, 0.5) is 11.4 Å². The number of rotatable bonds is 4. The summed E-state index contributed by atoms with van der Waals surface area (Å²) in [5.41, 5.74) is 0.778. The Labute approximate surface area is 156 Å². The summed E-state index contributed by atoms with van der Waals surface area (Å²) in [5.74, 6) is -0.778. The number of aromatic nitrogens is 1. The third-order valence-electron chi connectivity index (χ3n) is 4.05. The maximum absolute atomic E-state index is 12.5. The highest BCUT2D eigenvalue weighted by Crippen LogP contribution is 2.23. The van der Waals surface area contributed by atoms with Crippen molar-refractivity contribution in [3.05, 3.63) is 72.6 Å². The lowest BCUT2D eigenvalue weighted by atomic mass is 10.1. The Hall–Kier alpha value is -3.40. The number of hydrogen-bond donors (Lipinski definition) is 0. The highest BCUT2D eigenvalue weighted by Gasteiger charge is 2.20. The second kappa shape index (κ2) is 7.08. The molecule has 138 valence electrons. The van der Waals surface area contributed by atoms with Gasteiger partial charge in [0.15, 0.2) is 4.80 Å². The summed E-state index contributed by atoms with van der Waals surface area (Å²) in [4.78, 5) is 37.3. The van der Waals surface area contributed by atoms with Crippen molar-refractivity contribution in [2.24, 2.45) is 12.0 Å². The number of hydrogen-bond acceptors (Lipinski definition) is 6. The van der Waals surface area contributed by atoms with Gasteiger partial charge in [0, 0.05) is 19.2 Å². The molecule has 9 nitrogen and oxygen atoms in total. The fourth-order valence-corrected chi connectivity index (χ4v) is 3.67. The van der Waals surface area contributed by atoms with Crippen LogP contribution in [0, 0.1) is 20.2 Å². The van der Waals surface area contributed by atoms with Crippen molar-refractivity contribution in [2.75, 3.05) is 0 Å². The van der Waals surface area contributed by atoms with Gasteiger partial charge >= 0.3 is 0 Å². The van der Waals surface area contributed by atoms with E-state index in [1.807, 2.05) is 25.1 Å². The zero-order valence-corrected chi connectivity index (χ0v) is 15.2. The van der Waals surface area contributed by atoms with Gasteiger partial charge in [-0.15, -0.1) is 0 Å². The molecule has 2 aromatic carbocycles. The first kappa shape index (κ1) is 18.4. The lowest BCUT2D eigenvalue weighted by Crippen LogP contribution is -2.13. The molecule has 1 heterocycles. The third-order valence-corrected chi connectivity index (χ3v) is 5.14.